The molecule has 244 valence electrons. The molecular formula is C33H39ClN6O5S. The third kappa shape index (κ3) is 5.66. The van der Waals surface area contributed by atoms with Crippen LogP contribution in [0.4, 0.5) is 5.69 Å². The molecule has 11 nitrogen and oxygen atoms in total. The number of aromatic nitrogens is 1. The number of hydrogen-bond donors (Lipinski definition) is 1. The van der Waals surface area contributed by atoms with Gasteiger partial charge in [-0.25, -0.2) is 22.7 Å². The molecule has 4 heterocycles. The number of piperazine rings is 1. The van der Waals surface area contributed by atoms with Gasteiger partial charge in [0, 0.05) is 67.7 Å². The molecule has 1 unspecified atom stereocenters. The summed E-state index contributed by atoms with van der Waals surface area (Å²) in [6, 6.07) is 15.7. The van der Waals surface area contributed by atoms with E-state index in [-0.39, 0.29) is 39.2 Å². The number of likely N-dealkylation sites (N-methyl/N-ethyl adjacent to an activating group) is 1. The van der Waals surface area contributed by atoms with Crippen molar-refractivity contribution in [3.05, 3.63) is 83.0 Å². The van der Waals surface area contributed by atoms with Gasteiger partial charge in [0.2, 0.25) is 5.88 Å². The first-order chi connectivity index (χ1) is 22.2. The number of sulfonamides is 1. The molecule has 2 saturated heterocycles. The predicted octanol–water partition coefficient (Wildman–Crippen LogP) is 3.29. The molecule has 2 aromatic carbocycles. The van der Waals surface area contributed by atoms with Gasteiger partial charge < -0.3 is 9.64 Å². The largest absolute Gasteiger partial charge is 0.478 e. The van der Waals surface area contributed by atoms with Crippen LogP contribution in [0.15, 0.2) is 71.8 Å². The fourth-order valence-corrected chi connectivity index (χ4v) is 8.50. The minimum Gasteiger partial charge on any atom is -0.478 e. The summed E-state index contributed by atoms with van der Waals surface area (Å²) in [5.41, 5.74) is 1.17. The maximum Gasteiger partial charge on any atom is 0.270 e. The summed E-state index contributed by atoms with van der Waals surface area (Å²) < 4.78 is 34.8. The summed E-state index contributed by atoms with van der Waals surface area (Å²) >= 11 is 6.49. The molecule has 1 aromatic heterocycles. The van der Waals surface area contributed by atoms with E-state index in [0.717, 1.165) is 49.9 Å². The first-order valence-corrected chi connectivity index (χ1v) is 17.6. The number of halogens is 1. The molecule has 0 saturated carbocycles. The number of amides is 2. The van der Waals surface area contributed by atoms with Crippen molar-refractivity contribution in [1.82, 2.24) is 25.2 Å². The van der Waals surface area contributed by atoms with Gasteiger partial charge in [-0.3, -0.25) is 19.9 Å². The fraction of sp³-hybridized carbons (Fsp3) is 0.424. The molecule has 46 heavy (non-hydrogen) atoms. The second-order valence-electron chi connectivity index (χ2n) is 11.7. The van der Waals surface area contributed by atoms with Crippen LogP contribution in [-0.2, 0) is 25.0 Å². The van der Waals surface area contributed by atoms with Crippen LogP contribution in [0.1, 0.15) is 37.8 Å². The molecule has 6 rings (SSSR count). The molecule has 2 amide bonds. The zero-order valence-electron chi connectivity index (χ0n) is 26.1. The molecule has 0 bridgehead atoms. The summed E-state index contributed by atoms with van der Waals surface area (Å²) in [6.07, 6.45) is 3.20. The van der Waals surface area contributed by atoms with Gasteiger partial charge in [-0.05, 0) is 62.7 Å². The Morgan fingerprint density at radius 1 is 0.978 bits per heavy atom. The number of pyridine rings is 1. The van der Waals surface area contributed by atoms with Gasteiger partial charge in [-0.15, -0.1) is 0 Å². The molecule has 3 aliphatic rings. The molecule has 2 fully saturated rings. The molecule has 13 heteroatoms. The van der Waals surface area contributed by atoms with Gasteiger partial charge in [0.15, 0.2) is 5.41 Å². The maximum absolute atomic E-state index is 14.9. The van der Waals surface area contributed by atoms with Gasteiger partial charge >= 0.3 is 0 Å². The highest BCUT2D eigenvalue weighted by Gasteiger charge is 2.62. The lowest BCUT2D eigenvalue weighted by Gasteiger charge is -2.43. The van der Waals surface area contributed by atoms with Crippen LogP contribution in [0.2, 0.25) is 5.02 Å². The molecule has 0 aliphatic carbocycles. The first kappa shape index (κ1) is 32.4. The number of hydrogen-bond acceptors (Lipinski definition) is 9. The third-order valence-electron chi connectivity index (χ3n) is 9.26. The van der Waals surface area contributed by atoms with Crippen molar-refractivity contribution in [1.29, 1.82) is 0 Å². The summed E-state index contributed by atoms with van der Waals surface area (Å²) in [7, 11) is -4.43. The number of rotatable bonds is 9. The first-order valence-electron chi connectivity index (χ1n) is 15.8. The van der Waals surface area contributed by atoms with E-state index < -0.39 is 27.3 Å². The lowest BCUT2D eigenvalue weighted by Crippen LogP contribution is -2.60. The molecular weight excluding hydrogens is 628 g/mol. The number of ether oxygens (including phenoxy) is 1. The molecule has 3 aromatic rings. The van der Waals surface area contributed by atoms with Crippen LogP contribution in [0.3, 0.4) is 0 Å². The Kier molecular flexibility index (Phi) is 9.36. The molecule has 1 N–H and O–H groups in total. The van der Waals surface area contributed by atoms with E-state index in [2.05, 4.69) is 27.1 Å². The average molecular weight is 667 g/mol. The summed E-state index contributed by atoms with van der Waals surface area (Å²) in [4.78, 5) is 38.9. The standard InChI is InChI=1S/C33H39ClN6O5S/c1-3-37-19-21-38(22-20-37)25-14-17-39(18-15-25)36-31(41)33(27-11-8-16-35-30(27)45-4-2)28-23-24(34)12-13-29(28)40(32(33)42)46(43,44)26-9-6-5-7-10-26/h5-13,16,23,25H,3-4,14-15,17-22H2,1-2H3,(H,36,41). The number of nitrogens with one attached hydrogen (secondary N) is 1. The lowest BCUT2D eigenvalue weighted by atomic mass is 9.74. The van der Waals surface area contributed by atoms with E-state index in [9.17, 15) is 18.0 Å². The Labute approximate surface area is 275 Å². The quantitative estimate of drug-likeness (QED) is 0.344. The van der Waals surface area contributed by atoms with Crippen LogP contribution in [0.25, 0.3) is 0 Å². The van der Waals surface area contributed by atoms with Crippen molar-refractivity contribution in [2.75, 3.05) is 56.7 Å². The van der Waals surface area contributed by atoms with E-state index in [4.69, 9.17) is 16.3 Å². The van der Waals surface area contributed by atoms with Crippen molar-refractivity contribution >= 4 is 39.1 Å². The second kappa shape index (κ2) is 13.3. The lowest BCUT2D eigenvalue weighted by molar-refractivity contribution is -0.137. The van der Waals surface area contributed by atoms with E-state index in [1.54, 1.807) is 37.3 Å². The smallest absolute Gasteiger partial charge is 0.270 e. The van der Waals surface area contributed by atoms with Crippen molar-refractivity contribution < 1.29 is 22.7 Å². The average Bonchev–Trinajstić information content (AvgIpc) is 3.34. The van der Waals surface area contributed by atoms with Crippen molar-refractivity contribution in [3.63, 3.8) is 0 Å². The normalized spacial score (nSPS) is 21.7. The van der Waals surface area contributed by atoms with Gasteiger partial charge in [-0.1, -0.05) is 42.8 Å². The number of anilines is 1. The van der Waals surface area contributed by atoms with Gasteiger partial charge in [-0.2, -0.15) is 0 Å². The van der Waals surface area contributed by atoms with Gasteiger partial charge in [0.05, 0.1) is 17.2 Å². The highest BCUT2D eigenvalue weighted by atomic mass is 35.5. The maximum atomic E-state index is 14.9. The van der Waals surface area contributed by atoms with Crippen LogP contribution >= 0.6 is 11.6 Å². The van der Waals surface area contributed by atoms with E-state index in [1.807, 2.05) is 5.01 Å². The summed E-state index contributed by atoms with van der Waals surface area (Å²) in [6.45, 7) is 10.5. The second-order valence-corrected chi connectivity index (χ2v) is 13.9. The Morgan fingerprint density at radius 2 is 1.70 bits per heavy atom. The topological polar surface area (TPSA) is 115 Å². The minimum atomic E-state index is -4.43. The Morgan fingerprint density at radius 3 is 2.37 bits per heavy atom. The van der Waals surface area contributed by atoms with Crippen molar-refractivity contribution in [2.45, 2.75) is 43.0 Å². The number of hydrazine groups is 1. The van der Waals surface area contributed by atoms with Crippen molar-refractivity contribution in [2.24, 2.45) is 0 Å². The highest BCUT2D eigenvalue weighted by molar-refractivity contribution is 7.93. The Hall–Kier alpha value is -3.55. The van der Waals surface area contributed by atoms with Crippen LogP contribution in [-0.4, -0.2) is 98.5 Å². The highest BCUT2D eigenvalue weighted by Crippen LogP contribution is 2.51. The predicted molar refractivity (Wildman–Crippen MR) is 175 cm³/mol. The minimum absolute atomic E-state index is 0.0460. The third-order valence-corrected chi connectivity index (χ3v) is 11.2. The monoisotopic (exact) mass is 666 g/mol. The van der Waals surface area contributed by atoms with Gasteiger partial charge in [0.1, 0.15) is 0 Å². The van der Waals surface area contributed by atoms with Crippen LogP contribution < -0.4 is 14.5 Å². The molecule has 3 aliphatic heterocycles. The Balaban J connectivity index is 1.38. The summed E-state index contributed by atoms with van der Waals surface area (Å²) in [5.74, 6) is -1.59. The number of carbonyl (C=O) groups is 2. The zero-order valence-corrected chi connectivity index (χ0v) is 27.6. The number of fused-ring (bicyclic) bond motifs is 1. The van der Waals surface area contributed by atoms with E-state index >= 15 is 0 Å². The fourth-order valence-electron chi connectivity index (χ4n) is 6.84. The van der Waals surface area contributed by atoms with E-state index in [0.29, 0.717) is 19.1 Å². The number of piperidine rings is 1. The van der Waals surface area contributed by atoms with Crippen LogP contribution in [0.5, 0.6) is 5.88 Å². The van der Waals surface area contributed by atoms with Gasteiger partial charge in [0.25, 0.3) is 21.8 Å². The number of benzene rings is 2. The zero-order chi connectivity index (χ0) is 32.5. The molecule has 0 radical (unpaired) electrons. The Bertz CT molecular complexity index is 1690. The molecule has 0 spiro atoms. The van der Waals surface area contributed by atoms with Crippen LogP contribution in [0, 0.1) is 0 Å². The van der Waals surface area contributed by atoms with E-state index in [1.165, 1.54) is 36.5 Å². The number of carbonyl (C=O) groups excluding carboxylic acids is 2. The van der Waals surface area contributed by atoms with Crippen molar-refractivity contribution in [3.8, 4) is 5.88 Å². The number of nitrogens with zero attached hydrogens (tertiary/aromatic N) is 5. The SMILES string of the molecule is CCOc1ncccc1C1(C(=O)NN2CCC(N3CCN(CC)CC3)CC2)C(=O)N(S(=O)(=O)c2ccccc2)c2ccc(Cl)cc21. The summed E-state index contributed by atoms with van der Waals surface area (Å²) in [5, 5.41) is 2.07. The molecule has 1 atom stereocenters.